The summed E-state index contributed by atoms with van der Waals surface area (Å²) < 4.78 is 5.17. The third-order valence-corrected chi connectivity index (χ3v) is 4.73. The van der Waals surface area contributed by atoms with E-state index < -0.39 is 0 Å². The number of methoxy groups -OCH3 is 1. The number of aromatic hydroxyl groups is 1. The maximum Gasteiger partial charge on any atom is 0.123 e. The van der Waals surface area contributed by atoms with Crippen molar-refractivity contribution in [1.82, 2.24) is 9.80 Å². The van der Waals surface area contributed by atoms with Gasteiger partial charge in [-0.15, -0.1) is 0 Å². The number of nitrogens with zero attached hydrogens (tertiary/aromatic N) is 2. The van der Waals surface area contributed by atoms with Crippen molar-refractivity contribution < 1.29 is 9.84 Å². The van der Waals surface area contributed by atoms with Crippen LogP contribution in [0.1, 0.15) is 47.1 Å². The zero-order chi connectivity index (χ0) is 17.4. The second-order valence-electron chi connectivity index (χ2n) is 7.31. The molecular weight excluding hydrogens is 288 g/mol. The molecule has 4 nitrogen and oxygen atoms in total. The fourth-order valence-corrected chi connectivity index (χ4v) is 3.51. The second kappa shape index (κ2) is 6.44. The number of phenolic OH excluding ortho intramolecular Hbond substituents is 1. The van der Waals surface area contributed by atoms with Gasteiger partial charge in [0.05, 0.1) is 19.3 Å². The summed E-state index contributed by atoms with van der Waals surface area (Å²) in [6.45, 7) is 14.9. The van der Waals surface area contributed by atoms with E-state index in [-0.39, 0.29) is 5.54 Å². The van der Waals surface area contributed by atoms with Crippen molar-refractivity contribution in [2.24, 2.45) is 0 Å². The van der Waals surface area contributed by atoms with Crippen molar-refractivity contribution in [3.63, 3.8) is 0 Å². The lowest BCUT2D eigenvalue weighted by atomic mass is 9.95. The molecule has 0 bridgehead atoms. The van der Waals surface area contributed by atoms with E-state index in [1.165, 1.54) is 11.3 Å². The molecule has 1 aliphatic rings. The molecule has 23 heavy (non-hydrogen) atoms. The molecule has 0 atom stereocenters. The summed E-state index contributed by atoms with van der Waals surface area (Å²) in [5, 5.41) is 10.3. The van der Waals surface area contributed by atoms with Crippen molar-refractivity contribution in [2.75, 3.05) is 13.8 Å². The van der Waals surface area contributed by atoms with Gasteiger partial charge in [0.1, 0.15) is 11.5 Å². The van der Waals surface area contributed by atoms with E-state index in [0.717, 1.165) is 12.2 Å². The van der Waals surface area contributed by atoms with Crippen LogP contribution in [0.5, 0.6) is 11.5 Å². The van der Waals surface area contributed by atoms with Gasteiger partial charge in [-0.2, -0.15) is 0 Å². The highest BCUT2D eigenvalue weighted by atomic mass is 16.5. The average molecular weight is 318 g/mol. The highest BCUT2D eigenvalue weighted by molar-refractivity contribution is 5.40. The monoisotopic (exact) mass is 318 g/mol. The standard InChI is InChI=1S/C19H30N2O2/c1-13(2)18-19(5,6)20(12-21(18)14(3)4)11-15-8-9-16(23-7)10-17(15)22/h8-10,14,22H,11-12H2,1-7H3. The molecular formula is C19H30N2O2. The number of rotatable bonds is 4. The normalized spacial score (nSPS) is 17.9. The van der Waals surface area contributed by atoms with Crippen LogP contribution >= 0.6 is 0 Å². The Bertz CT molecular complexity index is 601. The van der Waals surface area contributed by atoms with E-state index in [4.69, 9.17) is 4.74 Å². The molecule has 1 aliphatic heterocycles. The Hall–Kier alpha value is -1.68. The molecule has 4 heteroatoms. The molecule has 0 amide bonds. The molecule has 1 fully saturated rings. The predicted octanol–water partition coefficient (Wildman–Crippen LogP) is 3.96. The highest BCUT2D eigenvalue weighted by Crippen LogP contribution is 2.39. The zero-order valence-corrected chi connectivity index (χ0v) is 15.5. The van der Waals surface area contributed by atoms with Crippen LogP contribution in [0.2, 0.25) is 0 Å². The molecule has 128 valence electrons. The van der Waals surface area contributed by atoms with Crippen LogP contribution in [0.25, 0.3) is 0 Å². The van der Waals surface area contributed by atoms with Crippen LogP contribution in [-0.2, 0) is 6.54 Å². The molecule has 0 aliphatic carbocycles. The summed E-state index contributed by atoms with van der Waals surface area (Å²) in [6, 6.07) is 5.99. The van der Waals surface area contributed by atoms with Gasteiger partial charge in [0.25, 0.3) is 0 Å². The Morgan fingerprint density at radius 3 is 2.39 bits per heavy atom. The van der Waals surface area contributed by atoms with E-state index in [1.54, 1.807) is 13.2 Å². The summed E-state index contributed by atoms with van der Waals surface area (Å²) in [6.07, 6.45) is 0. The minimum absolute atomic E-state index is 0.0600. The van der Waals surface area contributed by atoms with Gasteiger partial charge in [-0.3, -0.25) is 4.90 Å². The molecule has 0 unspecified atom stereocenters. The average Bonchev–Trinajstić information content (AvgIpc) is 2.72. The van der Waals surface area contributed by atoms with Crippen LogP contribution in [0, 0.1) is 0 Å². The minimum Gasteiger partial charge on any atom is -0.507 e. The van der Waals surface area contributed by atoms with Gasteiger partial charge >= 0.3 is 0 Å². The van der Waals surface area contributed by atoms with Gasteiger partial charge < -0.3 is 14.7 Å². The van der Waals surface area contributed by atoms with E-state index in [1.807, 2.05) is 12.1 Å². The Kier molecular flexibility index (Phi) is 4.95. The number of phenols is 1. The van der Waals surface area contributed by atoms with Gasteiger partial charge in [-0.05, 0) is 47.6 Å². The zero-order valence-electron chi connectivity index (χ0n) is 15.5. The largest absolute Gasteiger partial charge is 0.507 e. The predicted molar refractivity (Wildman–Crippen MR) is 94.5 cm³/mol. The molecule has 0 saturated carbocycles. The first-order valence-corrected chi connectivity index (χ1v) is 8.24. The lowest BCUT2D eigenvalue weighted by molar-refractivity contribution is 0.158. The van der Waals surface area contributed by atoms with Gasteiger partial charge in [0.15, 0.2) is 0 Å². The topological polar surface area (TPSA) is 35.9 Å². The highest BCUT2D eigenvalue weighted by Gasteiger charge is 2.43. The van der Waals surface area contributed by atoms with Crippen LogP contribution < -0.4 is 4.74 Å². The lowest BCUT2D eigenvalue weighted by Crippen LogP contribution is -2.38. The van der Waals surface area contributed by atoms with Gasteiger partial charge in [-0.1, -0.05) is 11.6 Å². The molecule has 0 spiro atoms. The summed E-state index contributed by atoms with van der Waals surface area (Å²) in [4.78, 5) is 4.87. The van der Waals surface area contributed by atoms with E-state index in [0.29, 0.717) is 24.1 Å². The molecule has 0 radical (unpaired) electrons. The van der Waals surface area contributed by atoms with Crippen molar-refractivity contribution in [2.45, 2.75) is 59.7 Å². The Morgan fingerprint density at radius 1 is 1.30 bits per heavy atom. The lowest BCUT2D eigenvalue weighted by Gasteiger charge is -2.32. The SMILES string of the molecule is COc1ccc(CN2CN(C(C)C)C(=C(C)C)C2(C)C)c(O)c1. The number of hydrogen-bond donors (Lipinski definition) is 1. The van der Waals surface area contributed by atoms with E-state index in [2.05, 4.69) is 51.3 Å². The van der Waals surface area contributed by atoms with E-state index in [9.17, 15) is 5.11 Å². The fourth-order valence-electron chi connectivity index (χ4n) is 3.51. The summed E-state index contributed by atoms with van der Waals surface area (Å²) in [7, 11) is 1.61. The van der Waals surface area contributed by atoms with Gasteiger partial charge in [0.2, 0.25) is 0 Å². The van der Waals surface area contributed by atoms with Crippen LogP contribution in [0.15, 0.2) is 29.5 Å². The fraction of sp³-hybridized carbons (Fsp3) is 0.579. The Balaban J connectivity index is 2.32. The molecule has 0 aromatic heterocycles. The van der Waals surface area contributed by atoms with Crippen molar-refractivity contribution in [3.05, 3.63) is 35.0 Å². The summed E-state index contributed by atoms with van der Waals surface area (Å²) in [5.74, 6) is 0.975. The molecule has 1 heterocycles. The maximum atomic E-state index is 10.3. The van der Waals surface area contributed by atoms with Crippen molar-refractivity contribution in [3.8, 4) is 11.5 Å². The molecule has 2 rings (SSSR count). The Labute approximate surface area is 140 Å². The smallest absolute Gasteiger partial charge is 0.123 e. The molecule has 1 aromatic carbocycles. The second-order valence-corrected chi connectivity index (χ2v) is 7.31. The molecule has 1 aromatic rings. The third-order valence-electron chi connectivity index (χ3n) is 4.73. The van der Waals surface area contributed by atoms with Crippen LogP contribution in [-0.4, -0.2) is 40.3 Å². The number of ether oxygens (including phenoxy) is 1. The van der Waals surface area contributed by atoms with Crippen LogP contribution in [0.4, 0.5) is 0 Å². The summed E-state index contributed by atoms with van der Waals surface area (Å²) in [5.41, 5.74) is 3.61. The first-order valence-electron chi connectivity index (χ1n) is 8.24. The number of hydrogen-bond acceptors (Lipinski definition) is 4. The quantitative estimate of drug-likeness (QED) is 0.911. The van der Waals surface area contributed by atoms with Crippen molar-refractivity contribution in [1.29, 1.82) is 0 Å². The van der Waals surface area contributed by atoms with E-state index >= 15 is 0 Å². The van der Waals surface area contributed by atoms with Crippen LogP contribution in [0.3, 0.4) is 0 Å². The first kappa shape index (κ1) is 17.7. The van der Waals surface area contributed by atoms with Crippen molar-refractivity contribution >= 4 is 0 Å². The first-order chi connectivity index (χ1) is 10.7. The number of benzene rings is 1. The molecule has 1 saturated heterocycles. The number of allylic oxidation sites excluding steroid dienone is 1. The third kappa shape index (κ3) is 3.32. The minimum atomic E-state index is -0.0600. The summed E-state index contributed by atoms with van der Waals surface area (Å²) >= 11 is 0. The maximum absolute atomic E-state index is 10.3. The van der Waals surface area contributed by atoms with Gasteiger partial charge in [0, 0.05) is 29.9 Å². The molecule has 1 N–H and O–H groups in total. The van der Waals surface area contributed by atoms with Gasteiger partial charge in [-0.25, -0.2) is 0 Å². The Morgan fingerprint density at radius 2 is 1.96 bits per heavy atom.